The number of pyridine rings is 1. The number of aryl methyl sites for hydroxylation is 1. The van der Waals surface area contributed by atoms with E-state index in [9.17, 15) is 13.2 Å². The van der Waals surface area contributed by atoms with Crippen molar-refractivity contribution < 1.29 is 13.2 Å². The van der Waals surface area contributed by atoms with E-state index in [1.165, 1.54) is 6.07 Å². The number of alkyl halides is 3. The summed E-state index contributed by atoms with van der Waals surface area (Å²) in [4.78, 5) is 9.72. The first kappa shape index (κ1) is 13.9. The molecule has 4 nitrogen and oxygen atoms in total. The third kappa shape index (κ3) is 2.86. The van der Waals surface area contributed by atoms with E-state index in [0.29, 0.717) is 24.8 Å². The van der Waals surface area contributed by atoms with E-state index in [4.69, 9.17) is 0 Å². The lowest BCUT2D eigenvalue weighted by atomic mass is 10.00. The molecule has 1 aliphatic rings. The first-order valence-electron chi connectivity index (χ1n) is 6.70. The summed E-state index contributed by atoms with van der Waals surface area (Å²) in [5, 5.41) is 0. The zero-order valence-corrected chi connectivity index (χ0v) is 11.5. The van der Waals surface area contributed by atoms with Crippen LogP contribution in [0.25, 0.3) is 0 Å². The lowest BCUT2D eigenvalue weighted by Gasteiger charge is -2.40. The molecular weight excluding hydrogens is 281 g/mol. The van der Waals surface area contributed by atoms with Crippen molar-refractivity contribution in [1.82, 2.24) is 14.5 Å². The average molecular weight is 296 g/mol. The second-order valence-electron chi connectivity index (χ2n) is 5.28. The third-order valence-corrected chi connectivity index (χ3v) is 3.68. The van der Waals surface area contributed by atoms with Crippen LogP contribution in [0.5, 0.6) is 0 Å². The molecule has 2 aromatic heterocycles. The van der Waals surface area contributed by atoms with Crippen molar-refractivity contribution >= 4 is 5.82 Å². The SMILES string of the molecule is Cc1nccn1CC1CN(c2cccc(C(F)(F)F)n2)C1. The van der Waals surface area contributed by atoms with Crippen LogP contribution in [-0.4, -0.2) is 27.6 Å². The first-order valence-corrected chi connectivity index (χ1v) is 6.70. The van der Waals surface area contributed by atoms with E-state index < -0.39 is 11.9 Å². The number of hydrogen-bond acceptors (Lipinski definition) is 3. The van der Waals surface area contributed by atoms with Crippen LogP contribution in [0.15, 0.2) is 30.6 Å². The molecule has 0 unspecified atom stereocenters. The number of hydrogen-bond donors (Lipinski definition) is 0. The molecule has 2 aromatic rings. The average Bonchev–Trinajstić information content (AvgIpc) is 2.78. The summed E-state index contributed by atoms with van der Waals surface area (Å²) in [5.74, 6) is 1.75. The van der Waals surface area contributed by atoms with Gasteiger partial charge in [-0.15, -0.1) is 0 Å². The topological polar surface area (TPSA) is 34.0 Å². The molecule has 3 rings (SSSR count). The summed E-state index contributed by atoms with van der Waals surface area (Å²) in [6.07, 6.45) is -0.727. The highest BCUT2D eigenvalue weighted by Gasteiger charge is 2.34. The van der Waals surface area contributed by atoms with Crippen molar-refractivity contribution in [1.29, 1.82) is 0 Å². The first-order chi connectivity index (χ1) is 9.93. The van der Waals surface area contributed by atoms with E-state index in [1.54, 1.807) is 12.3 Å². The van der Waals surface area contributed by atoms with Crippen LogP contribution in [-0.2, 0) is 12.7 Å². The largest absolute Gasteiger partial charge is 0.433 e. The summed E-state index contributed by atoms with van der Waals surface area (Å²) < 4.78 is 40.0. The highest BCUT2D eigenvalue weighted by atomic mass is 19.4. The van der Waals surface area contributed by atoms with Crippen LogP contribution in [0.2, 0.25) is 0 Å². The van der Waals surface area contributed by atoms with Gasteiger partial charge < -0.3 is 9.47 Å². The maximum atomic E-state index is 12.6. The van der Waals surface area contributed by atoms with Crippen molar-refractivity contribution in [2.24, 2.45) is 5.92 Å². The van der Waals surface area contributed by atoms with Crippen molar-refractivity contribution in [3.63, 3.8) is 0 Å². The Kier molecular flexibility index (Phi) is 3.35. The van der Waals surface area contributed by atoms with E-state index in [2.05, 4.69) is 14.5 Å². The van der Waals surface area contributed by atoms with Gasteiger partial charge in [-0.2, -0.15) is 13.2 Å². The molecule has 1 fully saturated rings. The summed E-state index contributed by atoms with van der Waals surface area (Å²) in [5.41, 5.74) is -0.839. The van der Waals surface area contributed by atoms with Gasteiger partial charge in [-0.1, -0.05) is 6.07 Å². The monoisotopic (exact) mass is 296 g/mol. The molecule has 0 atom stereocenters. The molecular formula is C14H15F3N4. The van der Waals surface area contributed by atoms with Crippen LogP contribution in [0, 0.1) is 12.8 Å². The lowest BCUT2D eigenvalue weighted by molar-refractivity contribution is -0.141. The van der Waals surface area contributed by atoms with E-state index in [1.807, 2.05) is 18.0 Å². The van der Waals surface area contributed by atoms with Crippen LogP contribution in [0.4, 0.5) is 19.0 Å². The second kappa shape index (κ2) is 5.05. The van der Waals surface area contributed by atoms with Crippen molar-refractivity contribution in [3.8, 4) is 0 Å². The van der Waals surface area contributed by atoms with Crippen molar-refractivity contribution in [3.05, 3.63) is 42.1 Å². The van der Waals surface area contributed by atoms with Gasteiger partial charge in [0.2, 0.25) is 0 Å². The predicted molar refractivity (Wildman–Crippen MR) is 71.9 cm³/mol. The number of nitrogens with zero attached hydrogens (tertiary/aromatic N) is 4. The van der Waals surface area contributed by atoms with E-state index in [0.717, 1.165) is 18.4 Å². The molecule has 0 radical (unpaired) electrons. The number of anilines is 1. The molecule has 1 saturated heterocycles. The molecule has 21 heavy (non-hydrogen) atoms. The summed E-state index contributed by atoms with van der Waals surface area (Å²) in [6, 6.07) is 4.02. The van der Waals surface area contributed by atoms with Gasteiger partial charge in [-0.25, -0.2) is 9.97 Å². The van der Waals surface area contributed by atoms with Crippen LogP contribution in [0.3, 0.4) is 0 Å². The zero-order valence-electron chi connectivity index (χ0n) is 11.5. The number of imidazole rings is 1. The van der Waals surface area contributed by atoms with Gasteiger partial charge in [0.25, 0.3) is 0 Å². The number of rotatable bonds is 3. The molecule has 0 aliphatic carbocycles. The number of aromatic nitrogens is 3. The fourth-order valence-electron chi connectivity index (χ4n) is 2.50. The molecule has 1 aliphatic heterocycles. The fraction of sp³-hybridized carbons (Fsp3) is 0.429. The standard InChI is InChI=1S/C14H15F3N4/c1-10-18-5-6-20(10)7-11-8-21(9-11)13-4-2-3-12(19-13)14(15,16)17/h2-6,11H,7-9H2,1H3. The second-order valence-corrected chi connectivity index (χ2v) is 5.28. The minimum atomic E-state index is -4.39. The molecule has 0 bridgehead atoms. The summed E-state index contributed by atoms with van der Waals surface area (Å²) in [7, 11) is 0. The van der Waals surface area contributed by atoms with Gasteiger partial charge in [0.1, 0.15) is 17.3 Å². The molecule has 112 valence electrons. The summed E-state index contributed by atoms with van der Waals surface area (Å²) in [6.45, 7) is 4.20. The Morgan fingerprint density at radius 3 is 2.67 bits per heavy atom. The molecule has 3 heterocycles. The van der Waals surface area contributed by atoms with E-state index >= 15 is 0 Å². The van der Waals surface area contributed by atoms with E-state index in [-0.39, 0.29) is 0 Å². The van der Waals surface area contributed by atoms with Crippen LogP contribution >= 0.6 is 0 Å². The Morgan fingerprint density at radius 1 is 1.29 bits per heavy atom. The van der Waals surface area contributed by atoms with Crippen LogP contribution < -0.4 is 4.90 Å². The summed E-state index contributed by atoms with van der Waals surface area (Å²) >= 11 is 0. The quantitative estimate of drug-likeness (QED) is 0.873. The minimum absolute atomic E-state index is 0.392. The Balaban J connectivity index is 1.63. The highest BCUT2D eigenvalue weighted by molar-refractivity contribution is 5.42. The highest BCUT2D eigenvalue weighted by Crippen LogP contribution is 2.30. The number of halogens is 3. The maximum Gasteiger partial charge on any atom is 0.433 e. The molecule has 0 N–H and O–H groups in total. The molecule has 0 saturated carbocycles. The Labute approximate surface area is 120 Å². The smallest absolute Gasteiger partial charge is 0.356 e. The normalized spacial score (nSPS) is 16.1. The Morgan fingerprint density at radius 2 is 2.05 bits per heavy atom. The molecule has 0 spiro atoms. The molecule has 7 heteroatoms. The van der Waals surface area contributed by atoms with Crippen LogP contribution in [0.1, 0.15) is 11.5 Å². The van der Waals surface area contributed by atoms with Gasteiger partial charge in [0, 0.05) is 37.9 Å². The fourth-order valence-corrected chi connectivity index (χ4v) is 2.50. The van der Waals surface area contributed by atoms with Gasteiger partial charge in [-0.3, -0.25) is 0 Å². The van der Waals surface area contributed by atoms with Gasteiger partial charge in [-0.05, 0) is 19.1 Å². The Hall–Kier alpha value is -2.05. The van der Waals surface area contributed by atoms with Gasteiger partial charge in [0.15, 0.2) is 0 Å². The van der Waals surface area contributed by atoms with Crippen molar-refractivity contribution in [2.75, 3.05) is 18.0 Å². The van der Waals surface area contributed by atoms with Gasteiger partial charge in [0.05, 0.1) is 0 Å². The third-order valence-electron chi connectivity index (χ3n) is 3.68. The molecule has 0 amide bonds. The lowest BCUT2D eigenvalue weighted by Crippen LogP contribution is -2.49. The molecule has 0 aromatic carbocycles. The zero-order chi connectivity index (χ0) is 15.0. The predicted octanol–water partition coefficient (Wildman–Crippen LogP) is 2.74. The van der Waals surface area contributed by atoms with Crippen molar-refractivity contribution in [2.45, 2.75) is 19.6 Å². The minimum Gasteiger partial charge on any atom is -0.356 e. The maximum absolute atomic E-state index is 12.6. The van der Waals surface area contributed by atoms with Gasteiger partial charge >= 0.3 is 6.18 Å². The Bertz CT molecular complexity index is 629.